The molecule has 5 rings (SSSR count). The third-order valence-electron chi connectivity index (χ3n) is 4.96. The molecular formula is C24H20N4O3S. The summed E-state index contributed by atoms with van der Waals surface area (Å²) in [6.07, 6.45) is 0.630. The van der Waals surface area contributed by atoms with Crippen molar-refractivity contribution in [3.8, 4) is 0 Å². The normalized spacial score (nSPS) is 11.3. The molecule has 0 radical (unpaired) electrons. The van der Waals surface area contributed by atoms with Gasteiger partial charge in [-0.25, -0.2) is 4.98 Å². The van der Waals surface area contributed by atoms with E-state index in [0.717, 1.165) is 33.1 Å². The number of oxazole rings is 1. The molecule has 0 aliphatic heterocycles. The molecule has 0 fully saturated rings. The molecule has 8 heteroatoms. The second-order valence-corrected chi connectivity index (χ2v) is 8.38. The van der Waals surface area contributed by atoms with Gasteiger partial charge in [0.05, 0.1) is 5.75 Å². The highest BCUT2D eigenvalue weighted by Crippen LogP contribution is 2.26. The maximum absolute atomic E-state index is 12.3. The number of nitrogens with one attached hydrogen (secondary N) is 1. The van der Waals surface area contributed by atoms with Gasteiger partial charge in [0.25, 0.3) is 5.22 Å². The van der Waals surface area contributed by atoms with Gasteiger partial charge in [-0.3, -0.25) is 4.79 Å². The molecule has 0 aliphatic carbocycles. The number of fused-ring (bicyclic) bond motifs is 2. The van der Waals surface area contributed by atoms with Gasteiger partial charge in [0, 0.05) is 18.5 Å². The second kappa shape index (κ2) is 8.84. The fraction of sp³-hybridized carbons (Fsp3) is 0.167. The standard InChI is InChI=1S/C24H20N4O3S/c1-15-6-9-20-19(12-15)26-24(30-20)32-14-21-27-23(31-28-21)11-10-22(29)25-18-8-7-16-4-2-3-5-17(16)13-18/h2-9,12-13H,10-11,14H2,1H3,(H,25,29). The number of amides is 1. The topological polar surface area (TPSA) is 94.0 Å². The van der Waals surface area contributed by atoms with Crippen LogP contribution < -0.4 is 5.32 Å². The molecule has 2 heterocycles. The zero-order chi connectivity index (χ0) is 21.9. The van der Waals surface area contributed by atoms with E-state index < -0.39 is 0 Å². The number of benzene rings is 3. The molecule has 7 nitrogen and oxygen atoms in total. The molecule has 0 atom stereocenters. The average Bonchev–Trinajstić information content (AvgIpc) is 3.42. The molecule has 160 valence electrons. The zero-order valence-corrected chi connectivity index (χ0v) is 18.2. The minimum Gasteiger partial charge on any atom is -0.431 e. The first kappa shape index (κ1) is 20.3. The van der Waals surface area contributed by atoms with E-state index in [4.69, 9.17) is 8.94 Å². The van der Waals surface area contributed by atoms with Gasteiger partial charge in [-0.2, -0.15) is 4.98 Å². The summed E-state index contributed by atoms with van der Waals surface area (Å²) >= 11 is 1.40. The van der Waals surface area contributed by atoms with E-state index in [1.165, 1.54) is 11.8 Å². The van der Waals surface area contributed by atoms with Gasteiger partial charge in [0.2, 0.25) is 11.8 Å². The largest absolute Gasteiger partial charge is 0.431 e. The number of aryl methyl sites for hydroxylation is 2. The van der Waals surface area contributed by atoms with Crippen molar-refractivity contribution in [3.63, 3.8) is 0 Å². The van der Waals surface area contributed by atoms with E-state index in [9.17, 15) is 4.79 Å². The molecule has 1 N–H and O–H groups in total. The predicted molar refractivity (Wildman–Crippen MR) is 124 cm³/mol. The summed E-state index contributed by atoms with van der Waals surface area (Å²) in [5.41, 5.74) is 3.49. The number of aromatic nitrogens is 3. The van der Waals surface area contributed by atoms with Crippen LogP contribution in [0.3, 0.4) is 0 Å². The fourth-order valence-electron chi connectivity index (χ4n) is 3.37. The molecule has 0 aliphatic rings. The third-order valence-corrected chi connectivity index (χ3v) is 5.78. The van der Waals surface area contributed by atoms with Gasteiger partial charge < -0.3 is 14.3 Å². The molecule has 3 aromatic carbocycles. The van der Waals surface area contributed by atoms with Crippen molar-refractivity contribution in [2.45, 2.75) is 30.7 Å². The SMILES string of the molecule is Cc1ccc2oc(SCc3noc(CCC(=O)Nc4ccc5ccccc5c4)n3)nc2c1. The van der Waals surface area contributed by atoms with E-state index in [1.807, 2.05) is 67.6 Å². The molecule has 0 saturated heterocycles. The van der Waals surface area contributed by atoms with Crippen LogP contribution in [0, 0.1) is 6.92 Å². The highest BCUT2D eigenvalue weighted by Gasteiger charge is 2.12. The van der Waals surface area contributed by atoms with Crippen molar-refractivity contribution in [2.75, 3.05) is 5.32 Å². The number of nitrogens with zero attached hydrogens (tertiary/aromatic N) is 3. The number of carbonyl (C=O) groups is 1. The van der Waals surface area contributed by atoms with Crippen LogP contribution in [0.4, 0.5) is 5.69 Å². The van der Waals surface area contributed by atoms with Crippen molar-refractivity contribution in [1.29, 1.82) is 0 Å². The Labute approximate surface area is 188 Å². The van der Waals surface area contributed by atoms with E-state index in [0.29, 0.717) is 29.1 Å². The zero-order valence-electron chi connectivity index (χ0n) is 17.4. The van der Waals surface area contributed by atoms with Crippen LogP contribution in [0.2, 0.25) is 0 Å². The Kier molecular flexibility index (Phi) is 5.60. The summed E-state index contributed by atoms with van der Waals surface area (Å²) in [4.78, 5) is 21.2. The highest BCUT2D eigenvalue weighted by molar-refractivity contribution is 7.98. The minimum atomic E-state index is -0.101. The van der Waals surface area contributed by atoms with Crippen LogP contribution in [0.25, 0.3) is 21.9 Å². The summed E-state index contributed by atoms with van der Waals surface area (Å²) < 4.78 is 11.0. The van der Waals surface area contributed by atoms with Crippen molar-refractivity contribution >= 4 is 45.2 Å². The Morgan fingerprint density at radius 2 is 1.91 bits per heavy atom. The molecule has 5 aromatic rings. The monoisotopic (exact) mass is 444 g/mol. The number of hydrogen-bond donors (Lipinski definition) is 1. The van der Waals surface area contributed by atoms with Crippen LogP contribution in [0.5, 0.6) is 0 Å². The molecule has 1 amide bonds. The van der Waals surface area contributed by atoms with Gasteiger partial charge in [0.1, 0.15) is 5.52 Å². The lowest BCUT2D eigenvalue weighted by molar-refractivity contribution is -0.116. The highest BCUT2D eigenvalue weighted by atomic mass is 32.2. The quantitative estimate of drug-likeness (QED) is 0.330. The maximum atomic E-state index is 12.3. The Morgan fingerprint density at radius 3 is 2.81 bits per heavy atom. The van der Waals surface area contributed by atoms with Crippen molar-refractivity contribution in [3.05, 3.63) is 77.9 Å². The number of thioether (sulfide) groups is 1. The average molecular weight is 445 g/mol. The second-order valence-electron chi connectivity index (χ2n) is 7.45. The number of carbonyl (C=O) groups excluding carboxylic acids is 1. The van der Waals surface area contributed by atoms with Crippen LogP contribution in [-0.4, -0.2) is 21.0 Å². The van der Waals surface area contributed by atoms with Gasteiger partial charge in [-0.1, -0.05) is 53.3 Å². The van der Waals surface area contributed by atoms with Crippen LogP contribution in [0.1, 0.15) is 23.7 Å². The van der Waals surface area contributed by atoms with Gasteiger partial charge in [-0.05, 0) is 47.5 Å². The van der Waals surface area contributed by atoms with Gasteiger partial charge in [0.15, 0.2) is 11.4 Å². The Hall–Kier alpha value is -3.65. The third kappa shape index (κ3) is 4.65. The Bertz CT molecular complexity index is 1410. The maximum Gasteiger partial charge on any atom is 0.257 e. The van der Waals surface area contributed by atoms with Gasteiger partial charge >= 0.3 is 0 Å². The van der Waals surface area contributed by atoms with Crippen molar-refractivity contribution in [1.82, 2.24) is 15.1 Å². The lowest BCUT2D eigenvalue weighted by atomic mass is 10.1. The Balaban J connectivity index is 1.13. The number of rotatable bonds is 7. The van der Waals surface area contributed by atoms with E-state index in [1.54, 1.807) is 0 Å². The minimum absolute atomic E-state index is 0.101. The molecule has 32 heavy (non-hydrogen) atoms. The fourth-order valence-corrected chi connectivity index (χ4v) is 4.05. The molecular weight excluding hydrogens is 424 g/mol. The smallest absolute Gasteiger partial charge is 0.257 e. The molecule has 2 aromatic heterocycles. The van der Waals surface area contributed by atoms with Crippen LogP contribution in [0.15, 0.2) is 74.8 Å². The van der Waals surface area contributed by atoms with Gasteiger partial charge in [-0.15, -0.1) is 0 Å². The van der Waals surface area contributed by atoms with E-state index in [-0.39, 0.29) is 12.3 Å². The predicted octanol–water partition coefficient (Wildman–Crippen LogP) is 5.54. The van der Waals surface area contributed by atoms with Crippen LogP contribution >= 0.6 is 11.8 Å². The lowest BCUT2D eigenvalue weighted by Crippen LogP contribution is -2.12. The molecule has 0 unspecified atom stereocenters. The number of anilines is 1. The van der Waals surface area contributed by atoms with E-state index in [2.05, 4.69) is 20.4 Å². The summed E-state index contributed by atoms with van der Waals surface area (Å²) in [6.45, 7) is 2.02. The summed E-state index contributed by atoms with van der Waals surface area (Å²) in [5, 5.41) is 9.69. The summed E-state index contributed by atoms with van der Waals surface area (Å²) in [7, 11) is 0. The lowest BCUT2D eigenvalue weighted by Gasteiger charge is -2.05. The summed E-state index contributed by atoms with van der Waals surface area (Å²) in [5.74, 6) is 1.34. The van der Waals surface area contributed by atoms with Crippen molar-refractivity contribution < 1.29 is 13.7 Å². The van der Waals surface area contributed by atoms with Crippen LogP contribution in [-0.2, 0) is 17.0 Å². The van der Waals surface area contributed by atoms with Crippen molar-refractivity contribution in [2.24, 2.45) is 0 Å². The number of hydrogen-bond acceptors (Lipinski definition) is 7. The first-order valence-electron chi connectivity index (χ1n) is 10.2. The Morgan fingerprint density at radius 1 is 1.03 bits per heavy atom. The molecule has 0 bridgehead atoms. The molecule has 0 spiro atoms. The van der Waals surface area contributed by atoms with E-state index >= 15 is 0 Å². The molecule has 0 saturated carbocycles. The first-order valence-corrected chi connectivity index (χ1v) is 11.2. The summed E-state index contributed by atoms with van der Waals surface area (Å²) in [6, 6.07) is 19.8. The first-order chi connectivity index (χ1) is 15.6.